The van der Waals surface area contributed by atoms with Crippen LogP contribution in [0.5, 0.6) is 0 Å². The number of likely N-dealkylation sites (tertiary alicyclic amines) is 1. The summed E-state index contributed by atoms with van der Waals surface area (Å²) < 4.78 is 0. The Morgan fingerprint density at radius 3 is 2.39 bits per heavy atom. The highest BCUT2D eigenvalue weighted by Crippen LogP contribution is 2.33. The van der Waals surface area contributed by atoms with Gasteiger partial charge in [-0.3, -0.25) is 14.4 Å². The molecule has 28 heavy (non-hydrogen) atoms. The van der Waals surface area contributed by atoms with Crippen molar-refractivity contribution in [1.29, 1.82) is 0 Å². The molecule has 1 atom stereocenters. The molecule has 4 rings (SSSR count). The summed E-state index contributed by atoms with van der Waals surface area (Å²) in [6.07, 6.45) is 1.61. The van der Waals surface area contributed by atoms with Crippen molar-refractivity contribution in [2.75, 3.05) is 18.4 Å². The van der Waals surface area contributed by atoms with Crippen LogP contribution in [0.2, 0.25) is 0 Å². The number of fused-ring (bicyclic) bond motifs is 1. The number of para-hydroxylation sites is 1. The summed E-state index contributed by atoms with van der Waals surface area (Å²) in [5.74, 6) is -0.638. The highest BCUT2D eigenvalue weighted by atomic mass is 16.2. The first-order valence-corrected chi connectivity index (χ1v) is 9.65. The summed E-state index contributed by atoms with van der Waals surface area (Å²) >= 11 is 0. The van der Waals surface area contributed by atoms with Gasteiger partial charge in [0.2, 0.25) is 11.8 Å². The zero-order valence-electron chi connectivity index (χ0n) is 15.6. The van der Waals surface area contributed by atoms with Crippen LogP contribution in [-0.4, -0.2) is 41.8 Å². The number of anilines is 1. The second kappa shape index (κ2) is 7.84. The van der Waals surface area contributed by atoms with Crippen molar-refractivity contribution in [3.05, 3.63) is 65.7 Å². The Morgan fingerprint density at radius 1 is 0.964 bits per heavy atom. The lowest BCUT2D eigenvalue weighted by Gasteiger charge is -2.36. The fourth-order valence-corrected chi connectivity index (χ4v) is 3.95. The van der Waals surface area contributed by atoms with Gasteiger partial charge in [-0.05, 0) is 36.6 Å². The first kappa shape index (κ1) is 18.2. The minimum absolute atomic E-state index is 0.00450. The summed E-state index contributed by atoms with van der Waals surface area (Å²) in [5.41, 5.74) is 2.25. The minimum Gasteiger partial charge on any atom is -0.349 e. The van der Waals surface area contributed by atoms with E-state index >= 15 is 0 Å². The second-order valence-corrected chi connectivity index (χ2v) is 7.33. The van der Waals surface area contributed by atoms with E-state index in [2.05, 4.69) is 10.6 Å². The van der Waals surface area contributed by atoms with Gasteiger partial charge in [-0.2, -0.15) is 0 Å². The maximum Gasteiger partial charge on any atom is 0.251 e. The smallest absolute Gasteiger partial charge is 0.251 e. The van der Waals surface area contributed by atoms with Crippen LogP contribution >= 0.6 is 0 Å². The minimum atomic E-state index is -0.430. The van der Waals surface area contributed by atoms with Crippen molar-refractivity contribution in [3.8, 4) is 0 Å². The van der Waals surface area contributed by atoms with E-state index in [-0.39, 0.29) is 30.2 Å². The number of piperidine rings is 1. The lowest BCUT2D eigenvalue weighted by molar-refractivity contribution is -0.136. The molecular weight excluding hydrogens is 354 g/mol. The number of carbonyl (C=O) groups is 3. The number of hydrogen-bond acceptors (Lipinski definition) is 3. The molecule has 1 fully saturated rings. The zero-order chi connectivity index (χ0) is 19.5. The lowest BCUT2D eigenvalue weighted by atomic mass is 9.88. The van der Waals surface area contributed by atoms with Crippen LogP contribution in [0.3, 0.4) is 0 Å². The summed E-state index contributed by atoms with van der Waals surface area (Å²) in [6.45, 7) is 1.16. The second-order valence-electron chi connectivity index (χ2n) is 7.33. The van der Waals surface area contributed by atoms with Gasteiger partial charge >= 0.3 is 0 Å². The molecule has 2 N–H and O–H groups in total. The van der Waals surface area contributed by atoms with Gasteiger partial charge in [-0.15, -0.1) is 0 Å². The highest BCUT2D eigenvalue weighted by molar-refractivity contribution is 6.01. The molecule has 0 aromatic heterocycles. The standard InChI is InChI=1S/C22H23N3O3/c26-20-14-18(17-8-4-5-9-19(17)24-20)22(28)25-12-10-16(11-13-25)23-21(27)15-6-2-1-3-7-15/h1-9,16,18H,10-14H2,(H,23,27)(H,24,26). The predicted octanol–water partition coefficient (Wildman–Crippen LogP) is 2.53. The Labute approximate surface area is 163 Å². The van der Waals surface area contributed by atoms with Gasteiger partial charge < -0.3 is 15.5 Å². The average molecular weight is 377 g/mol. The summed E-state index contributed by atoms with van der Waals surface area (Å²) in [5, 5.41) is 5.89. The van der Waals surface area contributed by atoms with Gasteiger partial charge in [-0.25, -0.2) is 0 Å². The van der Waals surface area contributed by atoms with Crippen LogP contribution in [0.4, 0.5) is 5.69 Å². The Bertz CT molecular complexity index is 889. The van der Waals surface area contributed by atoms with Crippen LogP contribution in [0.15, 0.2) is 54.6 Å². The maximum atomic E-state index is 13.1. The van der Waals surface area contributed by atoms with Crippen molar-refractivity contribution in [3.63, 3.8) is 0 Å². The van der Waals surface area contributed by atoms with Crippen molar-refractivity contribution in [1.82, 2.24) is 10.2 Å². The van der Waals surface area contributed by atoms with Crippen molar-refractivity contribution in [2.24, 2.45) is 0 Å². The quantitative estimate of drug-likeness (QED) is 0.863. The van der Waals surface area contributed by atoms with Gasteiger partial charge in [0.15, 0.2) is 0 Å². The average Bonchev–Trinajstić information content (AvgIpc) is 2.73. The molecule has 0 saturated carbocycles. The number of nitrogens with zero attached hydrogens (tertiary/aromatic N) is 1. The van der Waals surface area contributed by atoms with Crippen LogP contribution in [-0.2, 0) is 9.59 Å². The van der Waals surface area contributed by atoms with Crippen molar-refractivity contribution < 1.29 is 14.4 Å². The van der Waals surface area contributed by atoms with Crippen LogP contribution in [0.25, 0.3) is 0 Å². The van der Waals surface area contributed by atoms with Gasteiger partial charge in [0.25, 0.3) is 5.91 Å². The topological polar surface area (TPSA) is 78.5 Å². The maximum absolute atomic E-state index is 13.1. The zero-order valence-corrected chi connectivity index (χ0v) is 15.6. The van der Waals surface area contributed by atoms with Crippen LogP contribution < -0.4 is 10.6 Å². The molecule has 2 aliphatic rings. The van der Waals surface area contributed by atoms with Gasteiger partial charge in [-0.1, -0.05) is 36.4 Å². The Kier molecular flexibility index (Phi) is 5.10. The fraction of sp³-hybridized carbons (Fsp3) is 0.318. The summed E-state index contributed by atoms with van der Waals surface area (Å²) in [6, 6.07) is 16.7. The molecule has 2 heterocycles. The molecule has 1 saturated heterocycles. The van der Waals surface area contributed by atoms with E-state index in [1.165, 1.54) is 0 Å². The van der Waals surface area contributed by atoms with Crippen LogP contribution in [0.1, 0.15) is 41.1 Å². The van der Waals surface area contributed by atoms with E-state index in [1.54, 1.807) is 12.1 Å². The molecule has 0 radical (unpaired) electrons. The number of hydrogen-bond donors (Lipinski definition) is 2. The van der Waals surface area contributed by atoms with E-state index in [0.717, 1.165) is 11.3 Å². The van der Waals surface area contributed by atoms with E-state index in [4.69, 9.17) is 0 Å². The molecule has 2 aromatic carbocycles. The molecule has 144 valence electrons. The van der Waals surface area contributed by atoms with E-state index < -0.39 is 5.92 Å². The molecule has 0 spiro atoms. The normalized spacial score (nSPS) is 19.5. The van der Waals surface area contributed by atoms with E-state index in [1.807, 2.05) is 47.4 Å². The highest BCUT2D eigenvalue weighted by Gasteiger charge is 2.34. The molecule has 0 bridgehead atoms. The summed E-state index contributed by atoms with van der Waals surface area (Å²) in [7, 11) is 0. The third kappa shape index (κ3) is 3.76. The third-order valence-corrected chi connectivity index (χ3v) is 5.48. The molecule has 6 heteroatoms. The van der Waals surface area contributed by atoms with Gasteiger partial charge in [0.05, 0.1) is 5.92 Å². The molecule has 3 amide bonds. The number of carbonyl (C=O) groups excluding carboxylic acids is 3. The van der Waals surface area contributed by atoms with E-state index in [9.17, 15) is 14.4 Å². The Hall–Kier alpha value is -3.15. The first-order chi connectivity index (χ1) is 13.6. The molecular formula is C22H23N3O3. The van der Waals surface area contributed by atoms with Gasteiger partial charge in [0, 0.05) is 36.8 Å². The SMILES string of the molecule is O=C1CC(C(=O)N2CCC(NC(=O)c3ccccc3)CC2)c2ccccc2N1. The molecule has 0 aliphatic carbocycles. The lowest BCUT2D eigenvalue weighted by Crippen LogP contribution is -2.48. The molecule has 2 aliphatic heterocycles. The van der Waals surface area contributed by atoms with Crippen molar-refractivity contribution in [2.45, 2.75) is 31.2 Å². The largest absolute Gasteiger partial charge is 0.349 e. The fourth-order valence-electron chi connectivity index (χ4n) is 3.95. The van der Waals surface area contributed by atoms with E-state index in [0.29, 0.717) is 31.5 Å². The monoisotopic (exact) mass is 377 g/mol. The number of nitrogens with one attached hydrogen (secondary N) is 2. The van der Waals surface area contributed by atoms with Gasteiger partial charge in [0.1, 0.15) is 0 Å². The predicted molar refractivity (Wildman–Crippen MR) is 106 cm³/mol. The van der Waals surface area contributed by atoms with Crippen LogP contribution in [0, 0.1) is 0 Å². The summed E-state index contributed by atoms with van der Waals surface area (Å²) in [4.78, 5) is 39.2. The Morgan fingerprint density at radius 2 is 1.64 bits per heavy atom. The number of amides is 3. The number of rotatable bonds is 3. The number of benzene rings is 2. The molecule has 2 aromatic rings. The van der Waals surface area contributed by atoms with Crippen molar-refractivity contribution >= 4 is 23.4 Å². The molecule has 1 unspecified atom stereocenters. The third-order valence-electron chi connectivity index (χ3n) is 5.48. The molecule has 6 nitrogen and oxygen atoms in total. The Balaban J connectivity index is 1.37. The first-order valence-electron chi connectivity index (χ1n) is 9.65.